The van der Waals surface area contributed by atoms with Crippen LogP contribution < -0.4 is 5.32 Å². The standard InChI is InChI=1S/C12H21NO/c1-2-8-13-12(3-1)5-4-11-6-9-14-10-7-11/h4-5,11-13H,1-3,6-10H2/b5-4+. The number of hydrogen-bond donors (Lipinski definition) is 1. The second-order valence-corrected chi connectivity index (χ2v) is 4.39. The highest BCUT2D eigenvalue weighted by molar-refractivity contribution is 4.98. The van der Waals surface area contributed by atoms with Crippen molar-refractivity contribution >= 4 is 0 Å². The summed E-state index contributed by atoms with van der Waals surface area (Å²) in [6.07, 6.45) is 11.3. The second-order valence-electron chi connectivity index (χ2n) is 4.39. The molecule has 0 aromatic heterocycles. The van der Waals surface area contributed by atoms with E-state index in [-0.39, 0.29) is 0 Å². The van der Waals surface area contributed by atoms with Gasteiger partial charge in [-0.1, -0.05) is 18.6 Å². The lowest BCUT2D eigenvalue weighted by Crippen LogP contribution is -2.32. The predicted octanol–water partition coefficient (Wildman–Crippen LogP) is 2.11. The summed E-state index contributed by atoms with van der Waals surface area (Å²) in [4.78, 5) is 0. The van der Waals surface area contributed by atoms with Crippen molar-refractivity contribution in [2.45, 2.75) is 38.1 Å². The topological polar surface area (TPSA) is 21.3 Å². The maximum atomic E-state index is 5.34. The molecular formula is C12H21NO. The summed E-state index contributed by atoms with van der Waals surface area (Å²) in [5, 5.41) is 3.54. The van der Waals surface area contributed by atoms with Crippen LogP contribution in [0, 0.1) is 5.92 Å². The zero-order chi connectivity index (χ0) is 9.64. The first-order valence-corrected chi connectivity index (χ1v) is 5.94. The first-order valence-electron chi connectivity index (χ1n) is 5.94. The Bertz CT molecular complexity index is 159. The van der Waals surface area contributed by atoms with Gasteiger partial charge in [0.05, 0.1) is 0 Å². The van der Waals surface area contributed by atoms with Crippen molar-refractivity contribution in [3.8, 4) is 0 Å². The quantitative estimate of drug-likeness (QED) is 0.681. The number of allylic oxidation sites excluding steroid dienone is 1. The molecule has 1 atom stereocenters. The molecule has 0 aromatic rings. The molecule has 2 rings (SSSR count). The van der Waals surface area contributed by atoms with E-state index < -0.39 is 0 Å². The van der Waals surface area contributed by atoms with Crippen LogP contribution in [-0.4, -0.2) is 25.8 Å². The molecule has 0 radical (unpaired) electrons. The van der Waals surface area contributed by atoms with Crippen LogP contribution in [0.4, 0.5) is 0 Å². The molecule has 1 N–H and O–H groups in total. The Balaban J connectivity index is 1.73. The Morgan fingerprint density at radius 1 is 1.00 bits per heavy atom. The Labute approximate surface area is 86.7 Å². The fourth-order valence-electron chi connectivity index (χ4n) is 2.24. The van der Waals surface area contributed by atoms with Crippen molar-refractivity contribution < 1.29 is 4.74 Å². The first kappa shape index (κ1) is 10.2. The van der Waals surface area contributed by atoms with Gasteiger partial charge < -0.3 is 10.1 Å². The number of hydrogen-bond acceptors (Lipinski definition) is 2. The third-order valence-electron chi connectivity index (χ3n) is 3.23. The van der Waals surface area contributed by atoms with Gasteiger partial charge in [0.2, 0.25) is 0 Å². The molecule has 0 saturated carbocycles. The lowest BCUT2D eigenvalue weighted by molar-refractivity contribution is 0.0784. The molecule has 80 valence electrons. The highest BCUT2D eigenvalue weighted by atomic mass is 16.5. The van der Waals surface area contributed by atoms with Crippen LogP contribution in [0.25, 0.3) is 0 Å². The van der Waals surface area contributed by atoms with Gasteiger partial charge in [0.15, 0.2) is 0 Å². The lowest BCUT2D eigenvalue weighted by atomic mass is 9.97. The molecule has 2 saturated heterocycles. The fraction of sp³-hybridized carbons (Fsp3) is 0.833. The highest BCUT2D eigenvalue weighted by Crippen LogP contribution is 2.17. The van der Waals surface area contributed by atoms with E-state index >= 15 is 0 Å². The van der Waals surface area contributed by atoms with Crippen LogP contribution in [0.3, 0.4) is 0 Å². The van der Waals surface area contributed by atoms with Crippen molar-refractivity contribution in [1.29, 1.82) is 0 Å². The molecule has 0 aromatic carbocycles. The summed E-state index contributed by atoms with van der Waals surface area (Å²) in [6, 6.07) is 0.645. The van der Waals surface area contributed by atoms with E-state index in [1.54, 1.807) is 0 Å². The van der Waals surface area contributed by atoms with Gasteiger partial charge in [-0.3, -0.25) is 0 Å². The number of ether oxygens (including phenoxy) is 1. The van der Waals surface area contributed by atoms with Crippen molar-refractivity contribution in [3.63, 3.8) is 0 Å². The van der Waals surface area contributed by atoms with Gasteiger partial charge >= 0.3 is 0 Å². The van der Waals surface area contributed by atoms with E-state index in [1.807, 2.05) is 0 Å². The summed E-state index contributed by atoms with van der Waals surface area (Å²) < 4.78 is 5.34. The minimum atomic E-state index is 0.645. The van der Waals surface area contributed by atoms with Gasteiger partial charge in [0.1, 0.15) is 0 Å². The van der Waals surface area contributed by atoms with E-state index in [0.717, 1.165) is 19.1 Å². The Morgan fingerprint density at radius 3 is 2.57 bits per heavy atom. The van der Waals surface area contributed by atoms with Crippen LogP contribution >= 0.6 is 0 Å². The maximum Gasteiger partial charge on any atom is 0.0471 e. The van der Waals surface area contributed by atoms with Gasteiger partial charge in [-0.25, -0.2) is 0 Å². The summed E-state index contributed by atoms with van der Waals surface area (Å²) in [5.41, 5.74) is 0. The fourth-order valence-corrected chi connectivity index (χ4v) is 2.24. The normalized spacial score (nSPS) is 31.0. The molecule has 0 aliphatic carbocycles. The zero-order valence-corrected chi connectivity index (χ0v) is 8.87. The summed E-state index contributed by atoms with van der Waals surface area (Å²) >= 11 is 0. The number of nitrogens with one attached hydrogen (secondary N) is 1. The van der Waals surface area contributed by atoms with E-state index in [4.69, 9.17) is 4.74 Å². The molecule has 14 heavy (non-hydrogen) atoms. The van der Waals surface area contributed by atoms with Crippen LogP contribution in [-0.2, 0) is 4.74 Å². The molecule has 2 aliphatic heterocycles. The monoisotopic (exact) mass is 195 g/mol. The molecule has 2 fully saturated rings. The van der Waals surface area contributed by atoms with Crippen molar-refractivity contribution in [3.05, 3.63) is 12.2 Å². The summed E-state index contributed by atoms with van der Waals surface area (Å²) in [7, 11) is 0. The SMILES string of the molecule is C(=C\C1CCCCN1)/C1CCOCC1. The molecule has 0 bridgehead atoms. The lowest BCUT2D eigenvalue weighted by Gasteiger charge is -2.22. The Morgan fingerprint density at radius 2 is 1.86 bits per heavy atom. The zero-order valence-electron chi connectivity index (χ0n) is 8.87. The largest absolute Gasteiger partial charge is 0.381 e. The van der Waals surface area contributed by atoms with Gasteiger partial charge in [0.25, 0.3) is 0 Å². The molecule has 0 amide bonds. The van der Waals surface area contributed by atoms with Crippen molar-refractivity contribution in [2.24, 2.45) is 5.92 Å². The van der Waals surface area contributed by atoms with Gasteiger partial charge in [-0.15, -0.1) is 0 Å². The van der Waals surface area contributed by atoms with E-state index in [1.165, 1.54) is 38.6 Å². The van der Waals surface area contributed by atoms with Gasteiger partial charge in [-0.05, 0) is 38.1 Å². The molecule has 2 heterocycles. The van der Waals surface area contributed by atoms with Crippen molar-refractivity contribution in [2.75, 3.05) is 19.8 Å². The maximum absolute atomic E-state index is 5.34. The molecule has 2 nitrogen and oxygen atoms in total. The van der Waals surface area contributed by atoms with E-state index in [9.17, 15) is 0 Å². The molecule has 0 spiro atoms. The van der Waals surface area contributed by atoms with Crippen LogP contribution in [0.2, 0.25) is 0 Å². The smallest absolute Gasteiger partial charge is 0.0471 e. The van der Waals surface area contributed by atoms with Crippen LogP contribution in [0.1, 0.15) is 32.1 Å². The minimum absolute atomic E-state index is 0.645. The predicted molar refractivity (Wildman–Crippen MR) is 58.3 cm³/mol. The highest BCUT2D eigenvalue weighted by Gasteiger charge is 2.12. The van der Waals surface area contributed by atoms with Gasteiger partial charge in [-0.2, -0.15) is 0 Å². The van der Waals surface area contributed by atoms with E-state index in [2.05, 4.69) is 17.5 Å². The Hall–Kier alpha value is -0.340. The second kappa shape index (κ2) is 5.52. The summed E-state index contributed by atoms with van der Waals surface area (Å²) in [6.45, 7) is 3.10. The van der Waals surface area contributed by atoms with Gasteiger partial charge in [0, 0.05) is 19.3 Å². The number of piperidine rings is 1. The average molecular weight is 195 g/mol. The molecule has 2 heteroatoms. The van der Waals surface area contributed by atoms with Crippen LogP contribution in [0.15, 0.2) is 12.2 Å². The van der Waals surface area contributed by atoms with Crippen LogP contribution in [0.5, 0.6) is 0 Å². The first-order chi connectivity index (χ1) is 6.95. The molecule has 2 aliphatic rings. The Kier molecular flexibility index (Phi) is 4.02. The number of rotatable bonds is 2. The third-order valence-corrected chi connectivity index (χ3v) is 3.23. The molecular weight excluding hydrogens is 174 g/mol. The van der Waals surface area contributed by atoms with E-state index in [0.29, 0.717) is 6.04 Å². The van der Waals surface area contributed by atoms with Crippen molar-refractivity contribution in [1.82, 2.24) is 5.32 Å². The average Bonchev–Trinajstić information content (AvgIpc) is 2.29. The minimum Gasteiger partial charge on any atom is -0.381 e. The molecule has 1 unspecified atom stereocenters. The third kappa shape index (κ3) is 3.10. The summed E-state index contributed by atoms with van der Waals surface area (Å²) in [5.74, 6) is 0.771.